The molecule has 0 unspecified atom stereocenters. The van der Waals surface area contributed by atoms with Gasteiger partial charge in [-0.2, -0.15) is 0 Å². The fourth-order valence-electron chi connectivity index (χ4n) is 1.58. The van der Waals surface area contributed by atoms with Gasteiger partial charge in [0.1, 0.15) is 0 Å². The van der Waals surface area contributed by atoms with Crippen molar-refractivity contribution < 1.29 is 13.3 Å². The quantitative estimate of drug-likeness (QED) is 0.458. The standard InChI is InChI=1S/C12H6Cl3NO4S/c13-9-5-11(15)12(6-10(9)14)21(19,20)8-3-1-7(2-4-8)16(17)18/h1-6H. The van der Waals surface area contributed by atoms with Crippen molar-refractivity contribution in [3.8, 4) is 0 Å². The molecule has 0 amide bonds. The Kier molecular flexibility index (Phi) is 4.43. The number of hydrogen-bond donors (Lipinski definition) is 0. The van der Waals surface area contributed by atoms with Crippen LogP contribution in [0.5, 0.6) is 0 Å². The summed E-state index contributed by atoms with van der Waals surface area (Å²) in [5.74, 6) is 0. The van der Waals surface area contributed by atoms with Gasteiger partial charge in [-0.25, -0.2) is 8.42 Å². The Bertz CT molecular complexity index is 819. The van der Waals surface area contributed by atoms with E-state index in [9.17, 15) is 18.5 Å². The van der Waals surface area contributed by atoms with Crippen LogP contribution in [0.1, 0.15) is 0 Å². The molecule has 0 radical (unpaired) electrons. The van der Waals surface area contributed by atoms with Crippen LogP contribution in [0.2, 0.25) is 15.1 Å². The molecule has 2 rings (SSSR count). The van der Waals surface area contributed by atoms with Crippen LogP contribution in [0, 0.1) is 10.1 Å². The van der Waals surface area contributed by atoms with Crippen LogP contribution in [-0.4, -0.2) is 13.3 Å². The van der Waals surface area contributed by atoms with Gasteiger partial charge < -0.3 is 0 Å². The molecule has 0 aliphatic carbocycles. The highest BCUT2D eigenvalue weighted by molar-refractivity contribution is 7.91. The molecule has 9 heteroatoms. The third-order valence-corrected chi connectivity index (χ3v) is 5.58. The van der Waals surface area contributed by atoms with Crippen molar-refractivity contribution in [2.75, 3.05) is 0 Å². The van der Waals surface area contributed by atoms with E-state index in [1.54, 1.807) is 0 Å². The van der Waals surface area contributed by atoms with Crippen LogP contribution in [0.15, 0.2) is 46.2 Å². The van der Waals surface area contributed by atoms with Crippen molar-refractivity contribution in [1.82, 2.24) is 0 Å². The molecule has 110 valence electrons. The van der Waals surface area contributed by atoms with Gasteiger partial charge in [0.2, 0.25) is 9.84 Å². The van der Waals surface area contributed by atoms with Crippen molar-refractivity contribution in [1.29, 1.82) is 0 Å². The van der Waals surface area contributed by atoms with Crippen LogP contribution in [0.3, 0.4) is 0 Å². The van der Waals surface area contributed by atoms with Crippen LogP contribution >= 0.6 is 34.8 Å². The molecule has 0 aliphatic heterocycles. The third kappa shape index (κ3) is 3.13. The first-order valence-electron chi connectivity index (χ1n) is 5.37. The predicted octanol–water partition coefficient (Wildman–Crippen LogP) is 4.39. The molecule has 2 aromatic rings. The van der Waals surface area contributed by atoms with Crippen molar-refractivity contribution in [3.05, 3.63) is 61.6 Å². The van der Waals surface area contributed by atoms with E-state index >= 15 is 0 Å². The van der Waals surface area contributed by atoms with E-state index < -0.39 is 14.8 Å². The Morgan fingerprint density at radius 3 is 1.95 bits per heavy atom. The molecular weight excluding hydrogens is 361 g/mol. The maximum absolute atomic E-state index is 12.4. The Morgan fingerprint density at radius 2 is 1.43 bits per heavy atom. The summed E-state index contributed by atoms with van der Waals surface area (Å²) in [4.78, 5) is 9.60. The lowest BCUT2D eigenvalue weighted by Gasteiger charge is -2.08. The van der Waals surface area contributed by atoms with E-state index in [2.05, 4.69) is 0 Å². The molecule has 21 heavy (non-hydrogen) atoms. The summed E-state index contributed by atoms with van der Waals surface area (Å²) in [5.41, 5.74) is -0.214. The smallest absolute Gasteiger partial charge is 0.258 e. The second-order valence-corrected chi connectivity index (χ2v) is 7.09. The number of halogens is 3. The first kappa shape index (κ1) is 16.0. The monoisotopic (exact) mass is 365 g/mol. The van der Waals surface area contributed by atoms with Crippen LogP contribution in [0.25, 0.3) is 0 Å². The molecular formula is C12H6Cl3NO4S. The maximum atomic E-state index is 12.4. The minimum absolute atomic E-state index is 0.0431. The number of benzene rings is 2. The van der Waals surface area contributed by atoms with Gasteiger partial charge in [-0.3, -0.25) is 10.1 Å². The number of non-ortho nitro benzene ring substituents is 1. The summed E-state index contributed by atoms with van der Waals surface area (Å²) >= 11 is 17.4. The highest BCUT2D eigenvalue weighted by Gasteiger charge is 2.23. The van der Waals surface area contributed by atoms with Crippen molar-refractivity contribution in [3.63, 3.8) is 0 Å². The number of rotatable bonds is 3. The SMILES string of the molecule is O=[N+]([O-])c1ccc(S(=O)(=O)c2cc(Cl)c(Cl)cc2Cl)cc1. The van der Waals surface area contributed by atoms with E-state index in [1.165, 1.54) is 6.07 Å². The topological polar surface area (TPSA) is 77.3 Å². The third-order valence-electron chi connectivity index (χ3n) is 2.62. The van der Waals surface area contributed by atoms with Gasteiger partial charge in [-0.15, -0.1) is 0 Å². The van der Waals surface area contributed by atoms with Gasteiger partial charge in [-0.1, -0.05) is 34.8 Å². The lowest BCUT2D eigenvalue weighted by atomic mass is 10.3. The average molecular weight is 367 g/mol. The van der Waals surface area contributed by atoms with Gasteiger partial charge in [0.15, 0.2) is 0 Å². The predicted molar refractivity (Wildman–Crippen MR) is 80.0 cm³/mol. The number of sulfone groups is 1. The highest BCUT2D eigenvalue weighted by atomic mass is 35.5. The minimum atomic E-state index is -3.95. The molecule has 2 aromatic carbocycles. The Morgan fingerprint density at radius 1 is 0.905 bits per heavy atom. The summed E-state index contributed by atoms with van der Waals surface area (Å²) in [6.07, 6.45) is 0. The largest absolute Gasteiger partial charge is 0.269 e. The first-order valence-corrected chi connectivity index (χ1v) is 7.99. The summed E-state index contributed by atoms with van der Waals surface area (Å²) in [6.45, 7) is 0. The number of nitro benzene ring substituents is 1. The van der Waals surface area contributed by atoms with E-state index in [-0.39, 0.29) is 30.5 Å². The van der Waals surface area contributed by atoms with Gasteiger partial charge in [0, 0.05) is 12.1 Å². The molecule has 0 heterocycles. The normalized spacial score (nSPS) is 11.4. The van der Waals surface area contributed by atoms with E-state index in [0.717, 1.165) is 30.3 Å². The lowest BCUT2D eigenvalue weighted by Crippen LogP contribution is -2.03. The molecule has 5 nitrogen and oxygen atoms in total. The summed E-state index contributed by atoms with van der Waals surface area (Å²) in [7, 11) is -3.95. The highest BCUT2D eigenvalue weighted by Crippen LogP contribution is 2.34. The van der Waals surface area contributed by atoms with Gasteiger partial charge in [0.25, 0.3) is 5.69 Å². The zero-order valence-corrected chi connectivity index (χ0v) is 13.2. The van der Waals surface area contributed by atoms with Crippen molar-refractivity contribution >= 4 is 50.3 Å². The molecule has 0 saturated carbocycles. The first-order chi connectivity index (χ1) is 9.73. The number of nitro groups is 1. The van der Waals surface area contributed by atoms with Crippen LogP contribution < -0.4 is 0 Å². The summed E-state index contributed by atoms with van der Waals surface area (Å²) < 4.78 is 24.9. The molecule has 0 aliphatic rings. The lowest BCUT2D eigenvalue weighted by molar-refractivity contribution is -0.384. The summed E-state index contributed by atoms with van der Waals surface area (Å²) in [5, 5.41) is 10.7. The van der Waals surface area contributed by atoms with E-state index in [1.807, 2.05) is 0 Å². The van der Waals surface area contributed by atoms with E-state index in [4.69, 9.17) is 34.8 Å². The number of hydrogen-bond acceptors (Lipinski definition) is 4. The van der Waals surface area contributed by atoms with E-state index in [0.29, 0.717) is 0 Å². The minimum Gasteiger partial charge on any atom is -0.258 e. The molecule has 0 spiro atoms. The second-order valence-electron chi connectivity index (χ2n) is 3.95. The molecule has 0 N–H and O–H groups in total. The van der Waals surface area contributed by atoms with Gasteiger partial charge in [0.05, 0.1) is 29.8 Å². The average Bonchev–Trinajstić information content (AvgIpc) is 2.42. The Labute approximate surface area is 135 Å². The molecule has 0 saturated heterocycles. The molecule has 0 fully saturated rings. The fraction of sp³-hybridized carbons (Fsp3) is 0. The van der Waals surface area contributed by atoms with Crippen molar-refractivity contribution in [2.45, 2.75) is 9.79 Å². The summed E-state index contributed by atoms with van der Waals surface area (Å²) in [6, 6.07) is 6.82. The Hall–Kier alpha value is -1.34. The van der Waals surface area contributed by atoms with Crippen LogP contribution in [0.4, 0.5) is 5.69 Å². The molecule has 0 aromatic heterocycles. The second kappa shape index (κ2) is 5.81. The zero-order valence-electron chi connectivity index (χ0n) is 10.1. The zero-order chi connectivity index (χ0) is 15.8. The molecule has 0 atom stereocenters. The maximum Gasteiger partial charge on any atom is 0.269 e. The Balaban J connectivity index is 2.57. The van der Waals surface area contributed by atoms with Crippen LogP contribution in [-0.2, 0) is 9.84 Å². The van der Waals surface area contributed by atoms with Crippen molar-refractivity contribution in [2.24, 2.45) is 0 Å². The van der Waals surface area contributed by atoms with Gasteiger partial charge in [-0.05, 0) is 24.3 Å². The number of nitrogens with zero attached hydrogens (tertiary/aromatic N) is 1. The molecule has 0 bridgehead atoms. The fourth-order valence-corrected chi connectivity index (χ4v) is 3.84. The van der Waals surface area contributed by atoms with Gasteiger partial charge >= 0.3 is 0 Å².